The van der Waals surface area contributed by atoms with E-state index in [-0.39, 0.29) is 0 Å². The average Bonchev–Trinajstić information content (AvgIpc) is 3.40. The van der Waals surface area contributed by atoms with Crippen LogP contribution in [0.15, 0.2) is 90.3 Å². The molecule has 0 unspecified atom stereocenters. The van der Waals surface area contributed by atoms with Crippen LogP contribution in [0.5, 0.6) is 0 Å². The van der Waals surface area contributed by atoms with Gasteiger partial charge in [0.15, 0.2) is 0 Å². The maximum atomic E-state index is 5.11. The molecule has 33 heavy (non-hydrogen) atoms. The van der Waals surface area contributed by atoms with E-state index in [1.165, 1.54) is 43.5 Å². The molecule has 0 radical (unpaired) electrons. The minimum atomic E-state index is 0.998. The van der Waals surface area contributed by atoms with Gasteiger partial charge in [-0.25, -0.2) is 4.98 Å². The van der Waals surface area contributed by atoms with Crippen molar-refractivity contribution in [3.63, 3.8) is 0 Å². The van der Waals surface area contributed by atoms with E-state index in [2.05, 4.69) is 116 Å². The third kappa shape index (κ3) is 3.28. The van der Waals surface area contributed by atoms with E-state index in [0.29, 0.717) is 0 Å². The predicted molar refractivity (Wildman–Crippen MR) is 142 cm³/mol. The highest BCUT2D eigenvalue weighted by molar-refractivity contribution is 7.17. The zero-order chi connectivity index (χ0) is 22.5. The van der Waals surface area contributed by atoms with Crippen LogP contribution in [0.2, 0.25) is 0 Å². The van der Waals surface area contributed by atoms with Crippen LogP contribution in [-0.4, -0.2) is 9.55 Å². The van der Waals surface area contributed by atoms with Crippen molar-refractivity contribution in [1.82, 2.24) is 9.55 Å². The number of benzene rings is 4. The molecule has 0 atom stereocenters. The van der Waals surface area contributed by atoms with Gasteiger partial charge in [-0.3, -0.25) is 4.57 Å². The SMILES string of the molecule is Cc1ccc2c(-c3nc4ccccc4n3-c3cc(C)c(-c4ccccc4)c(C)c3)csc2c1. The molecule has 0 aliphatic carbocycles. The van der Waals surface area contributed by atoms with Gasteiger partial charge < -0.3 is 0 Å². The van der Waals surface area contributed by atoms with E-state index in [1.54, 1.807) is 11.3 Å². The molecule has 0 aliphatic heterocycles. The Bertz CT molecular complexity index is 1610. The van der Waals surface area contributed by atoms with Gasteiger partial charge in [-0.05, 0) is 78.9 Å². The van der Waals surface area contributed by atoms with Crippen LogP contribution in [-0.2, 0) is 0 Å². The van der Waals surface area contributed by atoms with E-state index < -0.39 is 0 Å². The Morgan fingerprint density at radius 2 is 1.48 bits per heavy atom. The van der Waals surface area contributed by atoms with Crippen molar-refractivity contribution < 1.29 is 0 Å². The lowest BCUT2D eigenvalue weighted by molar-refractivity contribution is 1.10. The summed E-state index contributed by atoms with van der Waals surface area (Å²) in [6, 6.07) is 30.4. The van der Waals surface area contributed by atoms with E-state index >= 15 is 0 Å². The lowest BCUT2D eigenvalue weighted by Crippen LogP contribution is -2.00. The fraction of sp³-hybridized carbons (Fsp3) is 0.100. The quantitative estimate of drug-likeness (QED) is 0.267. The first-order chi connectivity index (χ1) is 16.1. The summed E-state index contributed by atoms with van der Waals surface area (Å²) in [7, 11) is 0. The minimum Gasteiger partial charge on any atom is -0.292 e. The fourth-order valence-electron chi connectivity index (χ4n) is 4.91. The molecule has 0 bridgehead atoms. The Balaban J connectivity index is 1.62. The van der Waals surface area contributed by atoms with E-state index in [9.17, 15) is 0 Å². The maximum Gasteiger partial charge on any atom is 0.147 e. The van der Waals surface area contributed by atoms with Gasteiger partial charge in [0.25, 0.3) is 0 Å². The van der Waals surface area contributed by atoms with Crippen molar-refractivity contribution in [3.05, 3.63) is 107 Å². The third-order valence-electron chi connectivity index (χ3n) is 6.37. The van der Waals surface area contributed by atoms with Gasteiger partial charge >= 0.3 is 0 Å². The molecule has 2 nitrogen and oxygen atoms in total. The van der Waals surface area contributed by atoms with Crippen molar-refractivity contribution in [2.24, 2.45) is 0 Å². The number of para-hydroxylation sites is 2. The number of imidazole rings is 1. The molecule has 0 N–H and O–H groups in total. The zero-order valence-corrected chi connectivity index (χ0v) is 19.8. The number of thiophene rings is 1. The van der Waals surface area contributed by atoms with Gasteiger partial charge in [0.05, 0.1) is 11.0 Å². The van der Waals surface area contributed by atoms with Gasteiger partial charge in [0.1, 0.15) is 5.82 Å². The summed E-state index contributed by atoms with van der Waals surface area (Å²) in [5.41, 5.74) is 10.9. The molecule has 0 spiro atoms. The van der Waals surface area contributed by atoms with Gasteiger partial charge in [-0.15, -0.1) is 11.3 Å². The molecule has 6 aromatic rings. The van der Waals surface area contributed by atoms with Gasteiger partial charge in [0, 0.05) is 26.7 Å². The second-order valence-electron chi connectivity index (χ2n) is 8.73. The summed E-state index contributed by atoms with van der Waals surface area (Å²) >= 11 is 1.79. The first-order valence-corrected chi connectivity index (χ1v) is 12.1. The van der Waals surface area contributed by atoms with Crippen LogP contribution in [0.1, 0.15) is 16.7 Å². The number of nitrogens with zero attached hydrogens (tertiary/aromatic N) is 2. The number of rotatable bonds is 3. The Morgan fingerprint density at radius 3 is 2.27 bits per heavy atom. The van der Waals surface area contributed by atoms with E-state index in [1.807, 2.05) is 0 Å². The largest absolute Gasteiger partial charge is 0.292 e. The molecular formula is C30H24N2S. The van der Waals surface area contributed by atoms with Crippen molar-refractivity contribution >= 4 is 32.5 Å². The molecule has 0 amide bonds. The lowest BCUT2D eigenvalue weighted by atomic mass is 9.95. The lowest BCUT2D eigenvalue weighted by Gasteiger charge is -2.16. The second kappa shape index (κ2) is 7.72. The van der Waals surface area contributed by atoms with Gasteiger partial charge in [-0.1, -0.05) is 54.6 Å². The van der Waals surface area contributed by atoms with E-state index in [4.69, 9.17) is 4.98 Å². The van der Waals surface area contributed by atoms with Crippen LogP contribution in [0.25, 0.3) is 49.3 Å². The molecule has 2 heterocycles. The average molecular weight is 445 g/mol. The van der Waals surface area contributed by atoms with Crippen molar-refractivity contribution in [1.29, 1.82) is 0 Å². The molecule has 0 aliphatic rings. The van der Waals surface area contributed by atoms with Crippen molar-refractivity contribution in [2.75, 3.05) is 0 Å². The van der Waals surface area contributed by atoms with Crippen LogP contribution in [0.3, 0.4) is 0 Å². The summed E-state index contributed by atoms with van der Waals surface area (Å²) in [5.74, 6) is 0.998. The third-order valence-corrected chi connectivity index (χ3v) is 7.32. The Hall–Kier alpha value is -3.69. The second-order valence-corrected chi connectivity index (χ2v) is 9.64. The van der Waals surface area contributed by atoms with Crippen LogP contribution in [0, 0.1) is 20.8 Å². The summed E-state index contributed by atoms with van der Waals surface area (Å²) in [5, 5.41) is 3.51. The number of hydrogen-bond acceptors (Lipinski definition) is 2. The number of aromatic nitrogens is 2. The molecular weight excluding hydrogens is 420 g/mol. The van der Waals surface area contributed by atoms with Gasteiger partial charge in [0.2, 0.25) is 0 Å². The van der Waals surface area contributed by atoms with Gasteiger partial charge in [-0.2, -0.15) is 0 Å². The van der Waals surface area contributed by atoms with Crippen LogP contribution < -0.4 is 0 Å². The summed E-state index contributed by atoms with van der Waals surface area (Å²) in [6.45, 7) is 6.56. The van der Waals surface area contributed by atoms with E-state index in [0.717, 1.165) is 22.5 Å². The summed E-state index contributed by atoms with van der Waals surface area (Å²) in [4.78, 5) is 5.11. The monoisotopic (exact) mass is 444 g/mol. The smallest absolute Gasteiger partial charge is 0.147 e. The topological polar surface area (TPSA) is 17.8 Å². The standard InChI is InChI=1S/C30H24N2S/c1-19-13-14-24-25(18-33-28(24)15-19)30-31-26-11-7-8-12-27(26)32(30)23-16-20(2)29(21(3)17-23)22-9-5-4-6-10-22/h4-18H,1-3H3. The van der Waals surface area contributed by atoms with Crippen molar-refractivity contribution in [3.8, 4) is 28.2 Å². The fourth-order valence-corrected chi connectivity index (χ4v) is 5.94. The van der Waals surface area contributed by atoms with Crippen molar-refractivity contribution in [2.45, 2.75) is 20.8 Å². The van der Waals surface area contributed by atoms with Crippen LogP contribution in [0.4, 0.5) is 0 Å². The number of fused-ring (bicyclic) bond motifs is 2. The number of aryl methyl sites for hydroxylation is 3. The molecule has 0 saturated heterocycles. The Kier molecular flexibility index (Phi) is 4.67. The Morgan fingerprint density at radius 1 is 0.758 bits per heavy atom. The first kappa shape index (κ1) is 20.0. The minimum absolute atomic E-state index is 0.998. The highest BCUT2D eigenvalue weighted by atomic mass is 32.1. The molecule has 3 heteroatoms. The normalized spacial score (nSPS) is 11.5. The summed E-state index contributed by atoms with van der Waals surface area (Å²) < 4.78 is 3.63. The summed E-state index contributed by atoms with van der Waals surface area (Å²) in [6.07, 6.45) is 0. The predicted octanol–water partition coefficient (Wildman–Crippen LogP) is 8.50. The molecule has 6 rings (SSSR count). The molecule has 0 saturated carbocycles. The number of hydrogen-bond donors (Lipinski definition) is 0. The molecule has 160 valence electrons. The maximum absolute atomic E-state index is 5.11. The molecule has 2 aromatic heterocycles. The first-order valence-electron chi connectivity index (χ1n) is 11.2. The molecule has 0 fully saturated rings. The highest BCUT2D eigenvalue weighted by Gasteiger charge is 2.19. The zero-order valence-electron chi connectivity index (χ0n) is 19.0. The molecule has 4 aromatic carbocycles. The van der Waals surface area contributed by atoms with Crippen LogP contribution >= 0.6 is 11.3 Å². The Labute approximate surface area is 197 Å². The highest BCUT2D eigenvalue weighted by Crippen LogP contribution is 2.38.